The van der Waals surface area contributed by atoms with E-state index in [9.17, 15) is 13.6 Å². The first kappa shape index (κ1) is 36.2. The highest BCUT2D eigenvalue weighted by Crippen LogP contribution is 2.37. The Morgan fingerprint density at radius 2 is 2.07 bits per heavy atom. The van der Waals surface area contributed by atoms with Gasteiger partial charge in [-0.1, -0.05) is 36.3 Å². The first-order valence-corrected chi connectivity index (χ1v) is 18.8. The summed E-state index contributed by atoms with van der Waals surface area (Å²) in [6, 6.07) is 8.33. The van der Waals surface area contributed by atoms with Crippen molar-refractivity contribution in [2.75, 3.05) is 64.4 Å². The number of hydrogen-bond acceptors (Lipinski definition) is 9. The van der Waals surface area contributed by atoms with Crippen LogP contribution in [0.4, 0.5) is 19.0 Å². The molecule has 1 N–H and O–H groups in total. The van der Waals surface area contributed by atoms with Crippen molar-refractivity contribution in [2.45, 2.75) is 56.5 Å². The number of nitrogens with zero attached hydrogens (tertiary/aromatic N) is 6. The summed E-state index contributed by atoms with van der Waals surface area (Å²) in [5.74, 6) is 1.37. The van der Waals surface area contributed by atoms with E-state index in [4.69, 9.17) is 20.9 Å². The minimum absolute atomic E-state index is 0.0184. The van der Waals surface area contributed by atoms with Crippen molar-refractivity contribution in [3.05, 3.63) is 65.9 Å². The maximum atomic E-state index is 16.9. The summed E-state index contributed by atoms with van der Waals surface area (Å²) in [4.78, 5) is 33.2. The van der Waals surface area contributed by atoms with Crippen LogP contribution in [0.5, 0.6) is 6.01 Å². The van der Waals surface area contributed by atoms with Crippen LogP contribution in [-0.2, 0) is 9.53 Å². The minimum atomic E-state index is -1.00. The summed E-state index contributed by atoms with van der Waals surface area (Å²) >= 11 is 0. The molecule has 8 rings (SSSR count). The standard InChI is InChI=1S/C41H44F3N7O3/c1-3-31-34(43)12-11-26-8-4-9-32(36(26)31)38-37(44)39-33(20-46-38)40(48-41(47-39)54-23-25-7-5-14-45-19-27(42)17-25)49(2)28-13-16-51(21-28)35(52)10-6-15-50-22-30-18-29(50)24-53-30/h1,4,6,8-12,20,25,27-30,45H,5,7,13-19,21-24H2,2H3/b10-6+/t25-,27?,28-,29-,30-/m1/s1. The molecule has 2 aromatic heterocycles. The second kappa shape index (κ2) is 15.5. The normalized spacial score (nSPS) is 24.6. The third-order valence-electron chi connectivity index (χ3n) is 11.4. The molecule has 4 saturated heterocycles. The van der Waals surface area contributed by atoms with E-state index in [-0.39, 0.29) is 47.3 Å². The number of nitrogens with one attached hydrogen (secondary N) is 1. The van der Waals surface area contributed by atoms with Gasteiger partial charge in [0, 0.05) is 75.1 Å². The molecule has 0 radical (unpaired) electrons. The summed E-state index contributed by atoms with van der Waals surface area (Å²) in [6.07, 6.45) is 13.8. The number of terminal acetylenes is 1. The van der Waals surface area contributed by atoms with Crippen LogP contribution in [0.15, 0.2) is 48.7 Å². The van der Waals surface area contributed by atoms with Crippen molar-refractivity contribution in [1.29, 1.82) is 0 Å². The monoisotopic (exact) mass is 739 g/mol. The average Bonchev–Trinajstić information content (AvgIpc) is 3.94. The van der Waals surface area contributed by atoms with Crippen LogP contribution in [0.2, 0.25) is 0 Å². The second-order valence-electron chi connectivity index (χ2n) is 14.9. The predicted molar refractivity (Wildman–Crippen MR) is 201 cm³/mol. The van der Waals surface area contributed by atoms with E-state index < -0.39 is 17.8 Å². The molecule has 2 bridgehead atoms. The first-order valence-electron chi connectivity index (χ1n) is 18.8. The molecule has 4 aliphatic heterocycles. The Morgan fingerprint density at radius 1 is 1.19 bits per heavy atom. The lowest BCUT2D eigenvalue weighted by Gasteiger charge is -2.27. The van der Waals surface area contributed by atoms with Crippen LogP contribution >= 0.6 is 0 Å². The molecule has 5 atom stereocenters. The number of carbonyl (C=O) groups excluding carboxylic acids is 1. The van der Waals surface area contributed by atoms with Crippen LogP contribution in [0.25, 0.3) is 32.9 Å². The molecule has 4 aromatic rings. The lowest BCUT2D eigenvalue weighted by Crippen LogP contribution is -2.37. The lowest BCUT2D eigenvalue weighted by atomic mass is 9.96. The zero-order valence-electron chi connectivity index (χ0n) is 30.3. The highest BCUT2D eigenvalue weighted by molar-refractivity contribution is 6.02. The first-order chi connectivity index (χ1) is 26.3. The maximum Gasteiger partial charge on any atom is 0.319 e. The van der Waals surface area contributed by atoms with Crippen LogP contribution in [0, 0.1) is 29.9 Å². The second-order valence-corrected chi connectivity index (χ2v) is 14.9. The van der Waals surface area contributed by atoms with Crippen molar-refractivity contribution in [3.63, 3.8) is 0 Å². The molecule has 1 amide bonds. The number of pyridine rings is 1. The summed E-state index contributed by atoms with van der Waals surface area (Å²) in [5, 5.41) is 4.49. The summed E-state index contributed by atoms with van der Waals surface area (Å²) in [6.45, 7) is 4.56. The Morgan fingerprint density at radius 3 is 2.89 bits per heavy atom. The Balaban J connectivity index is 1.09. The van der Waals surface area contributed by atoms with Gasteiger partial charge in [0.15, 0.2) is 5.82 Å². The van der Waals surface area contributed by atoms with E-state index >= 15 is 4.39 Å². The van der Waals surface area contributed by atoms with Gasteiger partial charge in [-0.05, 0) is 56.0 Å². The molecule has 282 valence electrons. The molecule has 4 fully saturated rings. The average molecular weight is 740 g/mol. The predicted octanol–water partition coefficient (Wildman–Crippen LogP) is 5.28. The van der Waals surface area contributed by atoms with E-state index in [1.165, 1.54) is 12.3 Å². The Labute approximate surface area is 312 Å². The number of likely N-dealkylation sites (tertiary alicyclic amines) is 2. The third kappa shape index (κ3) is 7.22. The zero-order valence-corrected chi connectivity index (χ0v) is 30.3. The number of alkyl halides is 1. The van der Waals surface area contributed by atoms with Gasteiger partial charge in [-0.25, -0.2) is 13.2 Å². The molecule has 1 unspecified atom stereocenters. The zero-order chi connectivity index (χ0) is 37.3. The highest BCUT2D eigenvalue weighted by Gasteiger charge is 2.38. The number of anilines is 1. The smallest absolute Gasteiger partial charge is 0.319 e. The van der Waals surface area contributed by atoms with Crippen LogP contribution in [-0.4, -0.2) is 115 Å². The molecule has 4 aliphatic rings. The SMILES string of the molecule is C#Cc1c(F)ccc2cccc(-c3ncc4c(N(C)[C@@H]5CCN(C(=O)/C=C/CN6C[C@H]7C[C@@H]6CO7)C5)nc(OC[C@@H]5CCCNCC(F)C5)nc4c3F)c12. The van der Waals surface area contributed by atoms with Crippen LogP contribution in [0.3, 0.4) is 0 Å². The van der Waals surface area contributed by atoms with Crippen molar-refractivity contribution < 1.29 is 27.4 Å². The Bertz CT molecular complexity index is 2130. The van der Waals surface area contributed by atoms with E-state index in [0.717, 1.165) is 39.0 Å². The van der Waals surface area contributed by atoms with Crippen molar-refractivity contribution in [3.8, 4) is 29.6 Å². The number of ether oxygens (including phenoxy) is 2. The number of aromatic nitrogens is 3. The fraction of sp³-hybridized carbons (Fsp3) is 0.463. The molecule has 6 heterocycles. The van der Waals surface area contributed by atoms with Crippen LogP contribution in [0.1, 0.15) is 37.7 Å². The molecule has 0 aliphatic carbocycles. The molecule has 0 spiro atoms. The Hall–Kier alpha value is -4.77. The van der Waals surface area contributed by atoms with E-state index in [0.29, 0.717) is 78.7 Å². The van der Waals surface area contributed by atoms with E-state index in [1.54, 1.807) is 30.3 Å². The molecule has 0 saturated carbocycles. The number of carbonyl (C=O) groups is 1. The number of rotatable bonds is 9. The quantitative estimate of drug-likeness (QED) is 0.182. The van der Waals surface area contributed by atoms with Crippen LogP contribution < -0.4 is 15.0 Å². The van der Waals surface area contributed by atoms with Crippen molar-refractivity contribution in [1.82, 2.24) is 30.1 Å². The summed E-state index contributed by atoms with van der Waals surface area (Å²) in [7, 11) is 1.86. The number of halogens is 3. The highest BCUT2D eigenvalue weighted by atomic mass is 19.1. The third-order valence-corrected chi connectivity index (χ3v) is 11.4. The van der Waals surface area contributed by atoms with Gasteiger partial charge in [-0.15, -0.1) is 6.42 Å². The number of likely N-dealkylation sites (N-methyl/N-ethyl adjacent to an activating group) is 1. The van der Waals surface area contributed by atoms with Gasteiger partial charge in [0.05, 0.1) is 30.3 Å². The van der Waals surface area contributed by atoms with Gasteiger partial charge in [0.25, 0.3) is 0 Å². The molecule has 54 heavy (non-hydrogen) atoms. The number of benzene rings is 2. The van der Waals surface area contributed by atoms with E-state index in [2.05, 4.69) is 26.1 Å². The van der Waals surface area contributed by atoms with Crippen molar-refractivity contribution in [2.24, 2.45) is 5.92 Å². The largest absolute Gasteiger partial charge is 0.463 e. The van der Waals surface area contributed by atoms with Gasteiger partial charge in [-0.2, -0.15) is 9.97 Å². The van der Waals surface area contributed by atoms with Gasteiger partial charge in [0.1, 0.15) is 29.0 Å². The lowest BCUT2D eigenvalue weighted by molar-refractivity contribution is -0.125. The van der Waals surface area contributed by atoms with Crippen molar-refractivity contribution >= 4 is 33.4 Å². The summed E-state index contributed by atoms with van der Waals surface area (Å²) < 4.78 is 58.2. The van der Waals surface area contributed by atoms with Gasteiger partial charge in [-0.3, -0.25) is 14.7 Å². The molecule has 2 aromatic carbocycles. The van der Waals surface area contributed by atoms with Gasteiger partial charge >= 0.3 is 6.01 Å². The molecular weight excluding hydrogens is 695 g/mol. The summed E-state index contributed by atoms with van der Waals surface area (Å²) in [5.41, 5.74) is 0.281. The minimum Gasteiger partial charge on any atom is -0.463 e. The Kier molecular flexibility index (Phi) is 10.4. The maximum absolute atomic E-state index is 16.9. The number of fused-ring (bicyclic) bond motifs is 4. The molecular formula is C41H44F3N7O3. The number of amides is 1. The van der Waals surface area contributed by atoms with E-state index in [1.807, 2.05) is 22.9 Å². The fourth-order valence-electron chi connectivity index (χ4n) is 8.44. The molecule has 13 heteroatoms. The van der Waals surface area contributed by atoms with Gasteiger partial charge in [0.2, 0.25) is 5.91 Å². The number of hydrogen-bond donors (Lipinski definition) is 1. The van der Waals surface area contributed by atoms with Gasteiger partial charge < -0.3 is 24.6 Å². The number of morpholine rings is 1. The topological polar surface area (TPSA) is 96.0 Å². The molecule has 10 nitrogen and oxygen atoms in total. The fourth-order valence-corrected chi connectivity index (χ4v) is 8.44.